The second-order valence-corrected chi connectivity index (χ2v) is 8.03. The molecule has 2 aromatic carbocycles. The van der Waals surface area contributed by atoms with Gasteiger partial charge in [-0.15, -0.1) is 0 Å². The number of likely N-dealkylation sites (tertiary alicyclic amines) is 1. The fourth-order valence-electron chi connectivity index (χ4n) is 4.44. The third-order valence-electron chi connectivity index (χ3n) is 5.88. The Hall–Kier alpha value is -2.10. The lowest BCUT2D eigenvalue weighted by molar-refractivity contribution is 0.260. The minimum Gasteiger partial charge on any atom is -0.350 e. The maximum atomic E-state index is 2.61. The summed E-state index contributed by atoms with van der Waals surface area (Å²) in [7, 11) is 6.60. The lowest BCUT2D eigenvalue weighted by atomic mass is 9.93. The van der Waals surface area contributed by atoms with Gasteiger partial charge in [0.1, 0.15) is 0 Å². The highest BCUT2D eigenvalue weighted by atomic mass is 15.2. The Labute approximate surface area is 156 Å². The average molecular weight is 348 g/mol. The zero-order valence-electron chi connectivity index (χ0n) is 16.3. The maximum Gasteiger partial charge on any atom is 0.0480 e. The van der Waals surface area contributed by atoms with Crippen LogP contribution in [0.2, 0.25) is 0 Å². The van der Waals surface area contributed by atoms with E-state index in [4.69, 9.17) is 0 Å². The molecule has 2 heterocycles. The third kappa shape index (κ3) is 3.17. The van der Waals surface area contributed by atoms with Gasteiger partial charge in [-0.2, -0.15) is 0 Å². The minimum absolute atomic E-state index is 0.543. The number of hydrogen-bond acceptors (Lipinski definition) is 2. The van der Waals surface area contributed by atoms with Crippen LogP contribution < -0.4 is 0 Å². The molecule has 1 aromatic heterocycles. The van der Waals surface area contributed by atoms with E-state index in [-0.39, 0.29) is 0 Å². The summed E-state index contributed by atoms with van der Waals surface area (Å²) in [6.07, 6.45) is 2.35. The zero-order chi connectivity index (χ0) is 18.3. The van der Waals surface area contributed by atoms with Crippen LogP contribution in [0, 0.1) is 6.92 Å². The number of aryl methyl sites for hydroxylation is 2. The predicted octanol–water partition coefficient (Wildman–Crippen LogP) is 4.02. The van der Waals surface area contributed by atoms with Crippen molar-refractivity contribution in [3.8, 4) is 0 Å². The second-order valence-electron chi connectivity index (χ2n) is 8.03. The molecule has 3 aromatic rings. The molecule has 0 N–H and O–H groups in total. The first kappa shape index (κ1) is 17.3. The smallest absolute Gasteiger partial charge is 0.0480 e. The van der Waals surface area contributed by atoms with Gasteiger partial charge in [-0.3, -0.25) is 4.90 Å². The van der Waals surface area contributed by atoms with E-state index in [0.29, 0.717) is 12.0 Å². The van der Waals surface area contributed by atoms with Gasteiger partial charge >= 0.3 is 0 Å². The van der Waals surface area contributed by atoms with E-state index in [9.17, 15) is 0 Å². The number of aromatic nitrogens is 1. The van der Waals surface area contributed by atoms with Crippen molar-refractivity contribution in [1.82, 2.24) is 14.4 Å². The molecule has 0 aliphatic carbocycles. The van der Waals surface area contributed by atoms with Crippen LogP contribution in [0.1, 0.15) is 22.6 Å². The van der Waals surface area contributed by atoms with Crippen LogP contribution in [-0.4, -0.2) is 47.6 Å². The van der Waals surface area contributed by atoms with Crippen LogP contribution in [0.15, 0.2) is 54.7 Å². The molecule has 0 radical (unpaired) electrons. The summed E-state index contributed by atoms with van der Waals surface area (Å²) in [6, 6.07) is 18.3. The van der Waals surface area contributed by atoms with E-state index in [2.05, 4.69) is 97.2 Å². The molecule has 26 heavy (non-hydrogen) atoms. The third-order valence-corrected chi connectivity index (χ3v) is 5.88. The summed E-state index contributed by atoms with van der Waals surface area (Å²) < 4.78 is 2.28. The lowest BCUT2D eigenvalue weighted by Gasteiger charge is -2.25. The lowest BCUT2D eigenvalue weighted by Crippen LogP contribution is -2.34. The summed E-state index contributed by atoms with van der Waals surface area (Å²) in [5, 5.41) is 1.41. The van der Waals surface area contributed by atoms with Crippen LogP contribution in [0.25, 0.3) is 10.9 Å². The molecule has 1 aliphatic heterocycles. The Morgan fingerprint density at radius 2 is 1.73 bits per heavy atom. The van der Waals surface area contributed by atoms with Gasteiger partial charge in [0, 0.05) is 55.7 Å². The monoisotopic (exact) mass is 347 g/mol. The number of hydrogen-bond donors (Lipinski definition) is 0. The molecule has 1 saturated heterocycles. The molecule has 4 rings (SSSR count). The van der Waals surface area contributed by atoms with Crippen molar-refractivity contribution in [2.24, 2.45) is 7.05 Å². The van der Waals surface area contributed by atoms with Gasteiger partial charge in [-0.1, -0.05) is 48.0 Å². The molecule has 2 atom stereocenters. The second kappa shape index (κ2) is 6.90. The Kier molecular flexibility index (Phi) is 4.60. The first-order valence-corrected chi connectivity index (χ1v) is 9.51. The highest BCUT2D eigenvalue weighted by Gasteiger charge is 2.36. The van der Waals surface area contributed by atoms with Crippen LogP contribution in [-0.2, 0) is 13.6 Å². The van der Waals surface area contributed by atoms with E-state index < -0.39 is 0 Å². The predicted molar refractivity (Wildman–Crippen MR) is 110 cm³/mol. The average Bonchev–Trinajstić information content (AvgIpc) is 3.19. The van der Waals surface area contributed by atoms with Crippen molar-refractivity contribution in [2.45, 2.75) is 25.4 Å². The number of fused-ring (bicyclic) bond motifs is 1. The molecule has 0 bridgehead atoms. The molecule has 136 valence electrons. The fraction of sp³-hybridized carbons (Fsp3) is 0.391. The molecule has 0 amide bonds. The van der Waals surface area contributed by atoms with Gasteiger partial charge in [0.15, 0.2) is 0 Å². The van der Waals surface area contributed by atoms with Crippen LogP contribution in [0.4, 0.5) is 0 Å². The summed E-state index contributed by atoms with van der Waals surface area (Å²) in [6.45, 7) is 5.42. The van der Waals surface area contributed by atoms with Crippen LogP contribution >= 0.6 is 0 Å². The van der Waals surface area contributed by atoms with Crippen LogP contribution in [0.5, 0.6) is 0 Å². The molecular weight excluding hydrogens is 318 g/mol. The normalized spacial score (nSPS) is 21.1. The van der Waals surface area contributed by atoms with Crippen molar-refractivity contribution in [3.63, 3.8) is 0 Å². The van der Waals surface area contributed by atoms with Crippen molar-refractivity contribution < 1.29 is 0 Å². The summed E-state index contributed by atoms with van der Waals surface area (Å²) in [5.41, 5.74) is 5.56. The molecule has 1 fully saturated rings. The Morgan fingerprint density at radius 3 is 2.46 bits per heavy atom. The number of benzene rings is 2. The van der Waals surface area contributed by atoms with Gasteiger partial charge in [-0.25, -0.2) is 0 Å². The topological polar surface area (TPSA) is 11.4 Å². The number of para-hydroxylation sites is 1. The molecule has 0 spiro atoms. The van der Waals surface area contributed by atoms with Gasteiger partial charge in [0.2, 0.25) is 0 Å². The van der Waals surface area contributed by atoms with E-state index in [1.54, 1.807) is 0 Å². The Bertz CT molecular complexity index is 891. The van der Waals surface area contributed by atoms with Gasteiger partial charge in [-0.05, 0) is 38.2 Å². The molecule has 0 saturated carbocycles. The summed E-state index contributed by atoms with van der Waals surface area (Å²) in [4.78, 5) is 5.02. The van der Waals surface area contributed by atoms with E-state index in [0.717, 1.165) is 19.6 Å². The van der Waals surface area contributed by atoms with E-state index >= 15 is 0 Å². The van der Waals surface area contributed by atoms with Crippen molar-refractivity contribution in [1.29, 1.82) is 0 Å². The van der Waals surface area contributed by atoms with E-state index in [1.807, 2.05) is 0 Å². The van der Waals surface area contributed by atoms with Crippen LogP contribution in [0.3, 0.4) is 0 Å². The van der Waals surface area contributed by atoms with Crippen molar-refractivity contribution in [3.05, 3.63) is 71.4 Å². The highest BCUT2D eigenvalue weighted by molar-refractivity contribution is 5.84. The van der Waals surface area contributed by atoms with Gasteiger partial charge < -0.3 is 9.47 Å². The van der Waals surface area contributed by atoms with Gasteiger partial charge in [0.05, 0.1) is 0 Å². The minimum atomic E-state index is 0.543. The highest BCUT2D eigenvalue weighted by Crippen LogP contribution is 2.36. The molecule has 1 aliphatic rings. The standard InChI is InChI=1S/C23H29N3/c1-17-9-11-18(12-10-17)13-26-15-21(23(16-26)24(2)3)20-14-25(4)22-8-6-5-7-19(20)22/h5-12,14,21,23H,13,15-16H2,1-4H3/t21-,23+/m0/s1. The number of rotatable bonds is 4. The molecule has 3 nitrogen and oxygen atoms in total. The zero-order valence-corrected chi connectivity index (χ0v) is 16.3. The summed E-state index contributed by atoms with van der Waals surface area (Å²) in [5.74, 6) is 0.543. The Morgan fingerprint density at radius 1 is 1.00 bits per heavy atom. The SMILES string of the molecule is Cc1ccc(CN2C[C@@H](N(C)C)[C@H](c3cn(C)c4ccccc34)C2)cc1. The quantitative estimate of drug-likeness (QED) is 0.706. The van der Waals surface area contributed by atoms with E-state index in [1.165, 1.54) is 27.6 Å². The van der Waals surface area contributed by atoms with Crippen molar-refractivity contribution in [2.75, 3.05) is 27.2 Å². The summed E-state index contributed by atoms with van der Waals surface area (Å²) >= 11 is 0. The molecule has 3 heteroatoms. The largest absolute Gasteiger partial charge is 0.350 e. The fourth-order valence-corrected chi connectivity index (χ4v) is 4.44. The molecule has 0 unspecified atom stereocenters. The van der Waals surface area contributed by atoms with Crippen molar-refractivity contribution >= 4 is 10.9 Å². The molecular formula is C23H29N3. The number of likely N-dealkylation sites (N-methyl/N-ethyl adjacent to an activating group) is 1. The number of nitrogens with zero attached hydrogens (tertiary/aromatic N) is 3. The first-order valence-electron chi connectivity index (χ1n) is 9.51. The van der Waals surface area contributed by atoms with Gasteiger partial charge in [0.25, 0.3) is 0 Å². The Balaban J connectivity index is 1.63. The first-order chi connectivity index (χ1) is 12.5. The maximum absolute atomic E-state index is 2.61.